The van der Waals surface area contributed by atoms with Gasteiger partial charge in [0.1, 0.15) is 0 Å². The molecule has 1 radical (unpaired) electrons. The van der Waals surface area contributed by atoms with Crippen LogP contribution in [-0.4, -0.2) is 0 Å². The van der Waals surface area contributed by atoms with Gasteiger partial charge >= 0.3 is 42.2 Å². The van der Waals surface area contributed by atoms with Crippen molar-refractivity contribution in [3.8, 4) is 0 Å². The first-order valence-corrected chi connectivity index (χ1v) is 9.28. The second-order valence-electron chi connectivity index (χ2n) is 0.143. The van der Waals surface area contributed by atoms with Crippen LogP contribution in [0, 0.1) is 0 Å². The summed E-state index contributed by atoms with van der Waals surface area (Å²) in [7, 11) is 14.9. The van der Waals surface area contributed by atoms with Crippen molar-refractivity contribution in [2.75, 3.05) is 0 Å². The van der Waals surface area contributed by atoms with Gasteiger partial charge in [-0.25, -0.2) is 0 Å². The standard InChI is InChI=1S/3ClH.Co.Ir/h3*1H;;/q;;;;+3/p-3. The van der Waals surface area contributed by atoms with Crippen LogP contribution in [0.15, 0.2) is 0 Å². The van der Waals surface area contributed by atoms with Gasteiger partial charge in [-0.1, -0.05) is 0 Å². The van der Waals surface area contributed by atoms with Crippen LogP contribution in [0.4, 0.5) is 0 Å². The van der Waals surface area contributed by atoms with Crippen molar-refractivity contribution >= 4 is 28.8 Å². The second kappa shape index (κ2) is 6.03. The molecule has 0 rings (SSSR count). The van der Waals surface area contributed by atoms with E-state index in [1.54, 1.807) is 0 Å². The van der Waals surface area contributed by atoms with E-state index in [1.165, 1.54) is 0 Å². The van der Waals surface area contributed by atoms with Crippen molar-refractivity contribution in [3.05, 3.63) is 0 Å². The molecule has 0 aliphatic rings. The third-order valence-electron chi connectivity index (χ3n) is 0. The minimum atomic E-state index is -1.92. The summed E-state index contributed by atoms with van der Waals surface area (Å²) >= 11 is -1.92. The minimum Gasteiger partial charge on any atom is 0 e. The zero-order chi connectivity index (χ0) is 3.58. The van der Waals surface area contributed by atoms with Crippen LogP contribution in [0.3, 0.4) is 0 Å². The molecule has 0 unspecified atom stereocenters. The number of hydrogen-bond acceptors (Lipinski definition) is 0. The van der Waals surface area contributed by atoms with Gasteiger partial charge in [0.25, 0.3) is 0 Å². The molecule has 0 atom stereocenters. The molecule has 0 saturated heterocycles. The van der Waals surface area contributed by atoms with E-state index in [4.69, 9.17) is 28.8 Å². The normalized spacial score (nSPS) is 9.00. The Morgan fingerprint density at radius 1 is 1.00 bits per heavy atom. The van der Waals surface area contributed by atoms with Crippen molar-refractivity contribution < 1.29 is 30.2 Å². The Kier molecular flexibility index (Phi) is 12.2. The molecule has 0 aliphatic carbocycles. The largest absolute Gasteiger partial charge is 0 e. The average Bonchev–Trinajstić information content (AvgIpc) is 0.811. The summed E-state index contributed by atoms with van der Waals surface area (Å²) in [5, 5.41) is 0. The Bertz CT molecular complexity index is 11.6. The Hall–Kier alpha value is 2.03. The molecule has 0 aliphatic heterocycles. The maximum Gasteiger partial charge on any atom is 0 e. The fraction of sp³-hybridized carbons (Fsp3) is 0. The van der Waals surface area contributed by atoms with Crippen molar-refractivity contribution in [1.29, 1.82) is 0 Å². The van der Waals surface area contributed by atoms with Crippen molar-refractivity contribution in [1.82, 2.24) is 0 Å². The van der Waals surface area contributed by atoms with Gasteiger partial charge in [-0.15, -0.1) is 0 Å². The van der Waals surface area contributed by atoms with Crippen LogP contribution in [0.2, 0.25) is 0 Å². The van der Waals surface area contributed by atoms with Crippen LogP contribution in [0.1, 0.15) is 0 Å². The molecule has 0 N–H and O–H groups in total. The van der Waals surface area contributed by atoms with Crippen LogP contribution in [0.5, 0.6) is 0 Å². The summed E-state index contributed by atoms with van der Waals surface area (Å²) < 4.78 is 0. The van der Waals surface area contributed by atoms with Gasteiger partial charge in [-0.05, 0) is 0 Å². The van der Waals surface area contributed by atoms with E-state index >= 15 is 0 Å². The third-order valence-corrected chi connectivity index (χ3v) is 0. The molecule has 0 amide bonds. The van der Waals surface area contributed by atoms with Gasteiger partial charge in [0.2, 0.25) is 0 Å². The van der Waals surface area contributed by atoms with Crippen LogP contribution in [0.25, 0.3) is 0 Å². The fourth-order valence-electron chi connectivity index (χ4n) is 0. The van der Waals surface area contributed by atoms with Gasteiger partial charge in [0.05, 0.1) is 0 Å². The van der Waals surface area contributed by atoms with Crippen molar-refractivity contribution in [3.63, 3.8) is 0 Å². The van der Waals surface area contributed by atoms with Crippen molar-refractivity contribution in [2.24, 2.45) is 0 Å². The van der Waals surface area contributed by atoms with E-state index in [0.717, 1.165) is 0 Å². The van der Waals surface area contributed by atoms with Crippen molar-refractivity contribution in [2.45, 2.75) is 0 Å². The molecule has 0 nitrogen and oxygen atoms in total. The Labute approximate surface area is 58.5 Å². The Balaban J connectivity index is 0. The zero-order valence-electron chi connectivity index (χ0n) is 1.80. The predicted molar refractivity (Wildman–Crippen MR) is 17.6 cm³/mol. The van der Waals surface area contributed by atoms with Gasteiger partial charge in [-0.2, -0.15) is 0 Å². The van der Waals surface area contributed by atoms with Gasteiger partial charge in [-0.3, -0.25) is 0 Å². The second-order valence-corrected chi connectivity index (χ2v) is 10.5. The molecule has 0 aromatic heterocycles. The van der Waals surface area contributed by atoms with E-state index in [-0.39, 0.29) is 16.8 Å². The summed E-state index contributed by atoms with van der Waals surface area (Å²) in [6.07, 6.45) is 0. The van der Waals surface area contributed by atoms with Gasteiger partial charge in [0, 0.05) is 16.8 Å². The molecule has 0 aromatic carbocycles. The first-order chi connectivity index (χ1) is 1.73. The molecule has 0 aromatic rings. The molecular formula is Cl3CoIr. The van der Waals surface area contributed by atoms with Gasteiger partial charge in [0.15, 0.2) is 0 Å². The Morgan fingerprint density at radius 3 is 1.00 bits per heavy atom. The topological polar surface area (TPSA) is 0 Å². The molecule has 5 heavy (non-hydrogen) atoms. The van der Waals surface area contributed by atoms with E-state index in [9.17, 15) is 0 Å². The SMILES string of the molecule is [Cl][Ir]([Cl])[Cl].[Co]. The predicted octanol–water partition coefficient (Wildman–Crippen LogP) is 2.06. The summed E-state index contributed by atoms with van der Waals surface area (Å²) in [6.45, 7) is 0. The maximum atomic E-state index is 4.97. The Morgan fingerprint density at radius 2 is 1.00 bits per heavy atom. The quantitative estimate of drug-likeness (QED) is 0.623. The third kappa shape index (κ3) is 23.8. The van der Waals surface area contributed by atoms with E-state index in [1.807, 2.05) is 0 Å². The maximum absolute atomic E-state index is 4.97. The fourth-order valence-corrected chi connectivity index (χ4v) is 0. The summed E-state index contributed by atoms with van der Waals surface area (Å²) in [4.78, 5) is 0. The minimum absolute atomic E-state index is 0. The van der Waals surface area contributed by atoms with Crippen LogP contribution in [-0.2, 0) is 30.2 Å². The molecule has 39 valence electrons. The average molecular weight is 358 g/mol. The molecule has 0 bridgehead atoms. The monoisotopic (exact) mass is 357 g/mol. The summed E-state index contributed by atoms with van der Waals surface area (Å²) in [5.74, 6) is 0. The number of rotatable bonds is 0. The molecule has 0 saturated carbocycles. The molecular weight excluding hydrogens is 358 g/mol. The van der Waals surface area contributed by atoms with E-state index in [0.29, 0.717) is 0 Å². The van der Waals surface area contributed by atoms with Gasteiger partial charge < -0.3 is 0 Å². The first kappa shape index (κ1) is 10.1. The van der Waals surface area contributed by atoms with Crippen LogP contribution < -0.4 is 0 Å². The smallest absolute Gasteiger partial charge is 0 e. The van der Waals surface area contributed by atoms with E-state index in [2.05, 4.69) is 0 Å². The molecule has 0 heterocycles. The molecule has 5 heteroatoms. The number of halogens is 3. The molecule has 0 spiro atoms. The van der Waals surface area contributed by atoms with Crippen LogP contribution >= 0.6 is 28.8 Å². The summed E-state index contributed by atoms with van der Waals surface area (Å²) in [6, 6.07) is 0. The first-order valence-electron chi connectivity index (χ1n) is 0.378. The number of hydrogen-bond donors (Lipinski definition) is 0. The van der Waals surface area contributed by atoms with E-state index < -0.39 is 13.5 Å². The zero-order valence-corrected chi connectivity index (χ0v) is 7.50. The molecule has 0 fully saturated rings. The summed E-state index contributed by atoms with van der Waals surface area (Å²) in [5.41, 5.74) is 0.